The number of anilines is 1. The van der Waals surface area contributed by atoms with E-state index in [0.29, 0.717) is 5.69 Å². The van der Waals surface area contributed by atoms with Crippen molar-refractivity contribution in [1.82, 2.24) is 4.98 Å². The summed E-state index contributed by atoms with van der Waals surface area (Å²) in [7, 11) is 0. The zero-order chi connectivity index (χ0) is 16.5. The highest BCUT2D eigenvalue weighted by atomic mass is 19.4. The molecule has 1 N–H and O–H groups in total. The van der Waals surface area contributed by atoms with Crippen LogP contribution in [0.2, 0.25) is 0 Å². The van der Waals surface area contributed by atoms with Gasteiger partial charge in [0.2, 0.25) is 0 Å². The molecule has 3 nitrogen and oxygen atoms in total. The molecule has 0 spiro atoms. The molecule has 0 atom stereocenters. The van der Waals surface area contributed by atoms with E-state index >= 15 is 0 Å². The van der Waals surface area contributed by atoms with E-state index in [1.54, 1.807) is 0 Å². The summed E-state index contributed by atoms with van der Waals surface area (Å²) in [5, 5.41) is 2.73. The molecule has 1 amide bonds. The largest absolute Gasteiger partial charge is 0.433 e. The second-order valence-corrected chi connectivity index (χ2v) is 5.05. The average Bonchev–Trinajstić information content (AvgIpc) is 2.41. The Balaban J connectivity index is 2.31. The molecule has 2 rings (SSSR count). The standard InChI is InChI=1S/C16H15F3N2O/c1-9-5-4-6-10(2)14(9)21-15(22)12-7-8-13(16(17,18)19)20-11(12)3/h4-8H,1-3H3,(H,21,22). The normalized spacial score (nSPS) is 11.4. The van der Waals surface area contributed by atoms with Crippen molar-refractivity contribution in [2.75, 3.05) is 5.32 Å². The lowest BCUT2D eigenvalue weighted by atomic mass is 10.1. The predicted octanol–water partition coefficient (Wildman–Crippen LogP) is 4.28. The van der Waals surface area contributed by atoms with Gasteiger partial charge in [0, 0.05) is 5.69 Å². The Morgan fingerprint density at radius 1 is 1.05 bits per heavy atom. The summed E-state index contributed by atoms with van der Waals surface area (Å²) in [6.45, 7) is 5.08. The number of pyridine rings is 1. The van der Waals surface area contributed by atoms with E-state index in [9.17, 15) is 18.0 Å². The number of hydrogen-bond acceptors (Lipinski definition) is 2. The van der Waals surface area contributed by atoms with Crippen molar-refractivity contribution in [3.05, 3.63) is 58.4 Å². The molecule has 22 heavy (non-hydrogen) atoms. The van der Waals surface area contributed by atoms with Crippen molar-refractivity contribution in [3.63, 3.8) is 0 Å². The molecular formula is C16H15F3N2O. The zero-order valence-electron chi connectivity index (χ0n) is 12.4. The van der Waals surface area contributed by atoms with Crippen LogP contribution in [0.3, 0.4) is 0 Å². The van der Waals surface area contributed by atoms with Crippen LogP contribution in [0.4, 0.5) is 18.9 Å². The first kappa shape index (κ1) is 16.0. The van der Waals surface area contributed by atoms with Gasteiger partial charge in [-0.15, -0.1) is 0 Å². The topological polar surface area (TPSA) is 42.0 Å². The summed E-state index contributed by atoms with van der Waals surface area (Å²) >= 11 is 0. The molecule has 6 heteroatoms. The van der Waals surface area contributed by atoms with Crippen molar-refractivity contribution in [3.8, 4) is 0 Å². The van der Waals surface area contributed by atoms with Crippen LogP contribution in [0.5, 0.6) is 0 Å². The molecule has 0 fully saturated rings. The summed E-state index contributed by atoms with van der Waals surface area (Å²) in [5.41, 5.74) is 1.58. The number of amides is 1. The Kier molecular flexibility index (Phi) is 4.21. The molecular weight excluding hydrogens is 293 g/mol. The number of benzene rings is 1. The van der Waals surface area contributed by atoms with Crippen molar-refractivity contribution in [2.24, 2.45) is 0 Å². The van der Waals surface area contributed by atoms with Crippen LogP contribution in [0.1, 0.15) is 32.9 Å². The Morgan fingerprint density at radius 2 is 1.64 bits per heavy atom. The number of carbonyl (C=O) groups is 1. The van der Waals surface area contributed by atoms with Gasteiger partial charge in [-0.05, 0) is 44.0 Å². The summed E-state index contributed by atoms with van der Waals surface area (Å²) in [6, 6.07) is 7.52. The smallest absolute Gasteiger partial charge is 0.321 e. The molecule has 0 bridgehead atoms. The quantitative estimate of drug-likeness (QED) is 0.900. The first-order valence-electron chi connectivity index (χ1n) is 6.62. The predicted molar refractivity (Wildman–Crippen MR) is 77.8 cm³/mol. The second-order valence-electron chi connectivity index (χ2n) is 5.05. The van der Waals surface area contributed by atoms with Crippen molar-refractivity contribution in [2.45, 2.75) is 26.9 Å². The number of nitrogens with zero attached hydrogens (tertiary/aromatic N) is 1. The molecule has 116 valence electrons. The highest BCUT2D eigenvalue weighted by molar-refractivity contribution is 6.05. The molecule has 2 aromatic rings. The number of halogens is 3. The van der Waals surface area contributed by atoms with E-state index in [1.807, 2.05) is 32.0 Å². The van der Waals surface area contributed by atoms with Crippen LogP contribution in [-0.4, -0.2) is 10.9 Å². The van der Waals surface area contributed by atoms with Crippen LogP contribution in [-0.2, 0) is 6.18 Å². The van der Waals surface area contributed by atoms with Crippen molar-refractivity contribution >= 4 is 11.6 Å². The Hall–Kier alpha value is -2.37. The van der Waals surface area contributed by atoms with Gasteiger partial charge in [0.05, 0.1) is 11.3 Å². The Morgan fingerprint density at radius 3 is 2.14 bits per heavy atom. The highest BCUT2D eigenvalue weighted by Gasteiger charge is 2.33. The first-order chi connectivity index (χ1) is 10.2. The lowest BCUT2D eigenvalue weighted by Gasteiger charge is -2.13. The third-order valence-corrected chi connectivity index (χ3v) is 3.34. The summed E-state index contributed by atoms with van der Waals surface area (Å²) in [6.07, 6.45) is -4.52. The fraction of sp³-hybridized carbons (Fsp3) is 0.250. The maximum Gasteiger partial charge on any atom is 0.433 e. The number of aryl methyl sites for hydroxylation is 3. The molecule has 0 saturated heterocycles. The number of nitrogens with one attached hydrogen (secondary N) is 1. The molecule has 0 aliphatic heterocycles. The maximum atomic E-state index is 12.6. The summed E-state index contributed by atoms with van der Waals surface area (Å²) < 4.78 is 37.8. The fourth-order valence-corrected chi connectivity index (χ4v) is 2.15. The molecule has 0 aliphatic rings. The Labute approximate surface area is 126 Å². The number of rotatable bonds is 2. The maximum absolute atomic E-state index is 12.6. The van der Waals surface area contributed by atoms with Crippen LogP contribution >= 0.6 is 0 Å². The number of para-hydroxylation sites is 1. The van der Waals surface area contributed by atoms with Crippen LogP contribution in [0, 0.1) is 20.8 Å². The molecule has 0 aliphatic carbocycles. The van der Waals surface area contributed by atoms with Crippen LogP contribution in [0.25, 0.3) is 0 Å². The van der Waals surface area contributed by atoms with E-state index in [1.165, 1.54) is 6.92 Å². The van der Waals surface area contributed by atoms with Gasteiger partial charge >= 0.3 is 6.18 Å². The number of alkyl halides is 3. The van der Waals surface area contributed by atoms with E-state index in [0.717, 1.165) is 23.3 Å². The zero-order valence-corrected chi connectivity index (χ0v) is 12.4. The minimum atomic E-state index is -4.52. The van der Waals surface area contributed by atoms with Gasteiger partial charge in [-0.1, -0.05) is 18.2 Å². The van der Waals surface area contributed by atoms with Gasteiger partial charge in [0.25, 0.3) is 5.91 Å². The number of aromatic nitrogens is 1. The molecule has 0 unspecified atom stereocenters. The highest BCUT2D eigenvalue weighted by Crippen LogP contribution is 2.28. The van der Waals surface area contributed by atoms with E-state index in [4.69, 9.17) is 0 Å². The van der Waals surface area contributed by atoms with Crippen molar-refractivity contribution in [1.29, 1.82) is 0 Å². The van der Waals surface area contributed by atoms with E-state index in [2.05, 4.69) is 10.3 Å². The van der Waals surface area contributed by atoms with Gasteiger partial charge in [-0.3, -0.25) is 4.79 Å². The molecule has 0 radical (unpaired) electrons. The van der Waals surface area contributed by atoms with E-state index in [-0.39, 0.29) is 11.3 Å². The minimum Gasteiger partial charge on any atom is -0.321 e. The molecule has 1 heterocycles. The van der Waals surface area contributed by atoms with E-state index < -0.39 is 17.8 Å². The number of carbonyl (C=O) groups excluding carboxylic acids is 1. The van der Waals surface area contributed by atoms with Gasteiger partial charge < -0.3 is 5.32 Å². The van der Waals surface area contributed by atoms with Gasteiger partial charge in [0.15, 0.2) is 0 Å². The lowest BCUT2D eigenvalue weighted by Crippen LogP contribution is -2.17. The number of hydrogen-bond donors (Lipinski definition) is 1. The van der Waals surface area contributed by atoms with Gasteiger partial charge in [0.1, 0.15) is 5.69 Å². The molecule has 0 saturated carbocycles. The van der Waals surface area contributed by atoms with Gasteiger partial charge in [-0.25, -0.2) is 4.98 Å². The van der Waals surface area contributed by atoms with Crippen LogP contribution < -0.4 is 5.32 Å². The first-order valence-corrected chi connectivity index (χ1v) is 6.62. The lowest BCUT2D eigenvalue weighted by molar-refractivity contribution is -0.141. The summed E-state index contributed by atoms with van der Waals surface area (Å²) in [4.78, 5) is 15.7. The third-order valence-electron chi connectivity index (χ3n) is 3.34. The summed E-state index contributed by atoms with van der Waals surface area (Å²) in [5.74, 6) is -0.476. The molecule has 1 aromatic heterocycles. The third kappa shape index (κ3) is 3.27. The molecule has 1 aromatic carbocycles. The Bertz CT molecular complexity index is 704. The SMILES string of the molecule is Cc1cccc(C)c1NC(=O)c1ccc(C(F)(F)F)nc1C. The monoisotopic (exact) mass is 308 g/mol. The minimum absolute atomic E-state index is 0.0403. The van der Waals surface area contributed by atoms with Gasteiger partial charge in [-0.2, -0.15) is 13.2 Å². The fourth-order valence-electron chi connectivity index (χ4n) is 2.15. The van der Waals surface area contributed by atoms with Crippen LogP contribution in [0.15, 0.2) is 30.3 Å². The second kappa shape index (κ2) is 5.79. The van der Waals surface area contributed by atoms with Crippen molar-refractivity contribution < 1.29 is 18.0 Å². The average molecular weight is 308 g/mol.